The zero-order chi connectivity index (χ0) is 10.7. The maximum atomic E-state index is 6.38. The first kappa shape index (κ1) is 10.9. The molecule has 1 aliphatic heterocycles. The second-order valence-electron chi connectivity index (χ2n) is 4.23. The van der Waals surface area contributed by atoms with E-state index in [1.165, 1.54) is 25.7 Å². The first-order valence-electron chi connectivity index (χ1n) is 5.48. The summed E-state index contributed by atoms with van der Waals surface area (Å²) in [4.78, 5) is 4.10. The molecule has 4 heteroatoms. The van der Waals surface area contributed by atoms with Crippen LogP contribution in [0.2, 0.25) is 5.15 Å². The minimum absolute atomic E-state index is 0.518. The van der Waals surface area contributed by atoms with Gasteiger partial charge in [0.2, 0.25) is 0 Å². The molecule has 0 aliphatic carbocycles. The molecule has 2 rings (SSSR count). The third kappa shape index (κ3) is 2.48. The predicted octanol–water partition coefficient (Wildman–Crippen LogP) is 2.49. The van der Waals surface area contributed by atoms with Gasteiger partial charge in [0.15, 0.2) is 5.69 Å². The lowest BCUT2D eigenvalue weighted by atomic mass is 10.2. The summed E-state index contributed by atoms with van der Waals surface area (Å²) in [7, 11) is 0. The maximum Gasteiger partial charge on any atom is 0.170 e. The highest BCUT2D eigenvalue weighted by Crippen LogP contribution is 2.23. The van der Waals surface area contributed by atoms with Gasteiger partial charge in [0.05, 0.1) is 6.20 Å². The van der Waals surface area contributed by atoms with Gasteiger partial charge in [-0.15, -0.1) is 0 Å². The van der Waals surface area contributed by atoms with Crippen molar-refractivity contribution in [1.82, 2.24) is 9.58 Å². The quantitative estimate of drug-likeness (QED) is 0.454. The van der Waals surface area contributed by atoms with E-state index in [-0.39, 0.29) is 0 Å². The largest absolute Gasteiger partial charge is 0.238 e. The van der Waals surface area contributed by atoms with Crippen molar-refractivity contribution in [3.63, 3.8) is 0 Å². The average molecular weight is 227 g/mol. The van der Waals surface area contributed by atoms with E-state index in [1.807, 2.05) is 12.1 Å². The Morgan fingerprint density at radius 3 is 2.33 bits per heavy atom. The Labute approximate surface area is 95.4 Å². The van der Waals surface area contributed by atoms with Crippen molar-refractivity contribution in [3.8, 4) is 0 Å². The molecule has 0 unspecified atom stereocenters. The zero-order valence-corrected chi connectivity index (χ0v) is 9.58. The highest BCUT2D eigenvalue weighted by atomic mass is 35.5. The van der Waals surface area contributed by atoms with Crippen LogP contribution in [0, 0.1) is 0 Å². The Morgan fingerprint density at radius 2 is 1.80 bits per heavy atom. The van der Waals surface area contributed by atoms with Crippen molar-refractivity contribution >= 4 is 17.3 Å². The molecule has 1 aromatic rings. The lowest BCUT2D eigenvalue weighted by Gasteiger charge is -2.30. The summed E-state index contributed by atoms with van der Waals surface area (Å²) in [5.74, 6) is 6.38. The Morgan fingerprint density at radius 1 is 1.13 bits per heavy atom. The summed E-state index contributed by atoms with van der Waals surface area (Å²) in [6, 6.07) is 3.80. The first-order chi connectivity index (χ1) is 7.21. The number of aromatic nitrogens is 1. The molecule has 2 heterocycles. The van der Waals surface area contributed by atoms with Crippen LogP contribution in [0.1, 0.15) is 25.7 Å². The van der Waals surface area contributed by atoms with Crippen LogP contribution >= 0.6 is 11.6 Å². The van der Waals surface area contributed by atoms with Gasteiger partial charge in [-0.25, -0.2) is 9.58 Å². The highest BCUT2D eigenvalue weighted by Gasteiger charge is 2.27. The van der Waals surface area contributed by atoms with Crippen molar-refractivity contribution < 1.29 is 0 Å². The van der Waals surface area contributed by atoms with Crippen molar-refractivity contribution in [2.45, 2.75) is 25.7 Å². The van der Waals surface area contributed by atoms with E-state index in [4.69, 9.17) is 17.4 Å². The molecule has 0 amide bonds. The molecule has 1 fully saturated rings. The summed E-state index contributed by atoms with van der Waals surface area (Å²) in [6.45, 7) is 2.01. The van der Waals surface area contributed by atoms with Gasteiger partial charge < -0.3 is 0 Å². The molecule has 0 bridgehead atoms. The van der Waals surface area contributed by atoms with E-state index in [0.29, 0.717) is 9.75 Å². The SMILES string of the molecule is N[N+]1(c2ccc(Cl)nc2)CCCCCC1. The molecule has 0 spiro atoms. The van der Waals surface area contributed by atoms with Crippen molar-refractivity contribution in [2.24, 2.45) is 5.84 Å². The van der Waals surface area contributed by atoms with Crippen LogP contribution in [0.5, 0.6) is 0 Å². The Bertz CT molecular complexity index is 315. The molecule has 0 radical (unpaired) electrons. The second kappa shape index (κ2) is 4.47. The van der Waals surface area contributed by atoms with Gasteiger partial charge in [-0.2, -0.15) is 5.84 Å². The molecule has 0 atom stereocenters. The number of nitrogens with two attached hydrogens (primary N) is 1. The van der Waals surface area contributed by atoms with Gasteiger partial charge in [-0.1, -0.05) is 11.6 Å². The smallest absolute Gasteiger partial charge is 0.170 e. The monoisotopic (exact) mass is 226 g/mol. The third-order valence-corrected chi connectivity index (χ3v) is 3.31. The Balaban J connectivity index is 2.22. The fraction of sp³-hybridized carbons (Fsp3) is 0.545. The lowest BCUT2D eigenvalue weighted by Crippen LogP contribution is -2.56. The average Bonchev–Trinajstić information content (AvgIpc) is 2.45. The maximum absolute atomic E-state index is 6.38. The number of halogens is 1. The fourth-order valence-electron chi connectivity index (χ4n) is 2.14. The predicted molar refractivity (Wildman–Crippen MR) is 63.4 cm³/mol. The molecule has 2 N–H and O–H groups in total. The van der Waals surface area contributed by atoms with Crippen molar-refractivity contribution in [3.05, 3.63) is 23.5 Å². The number of hydrogen-bond acceptors (Lipinski definition) is 2. The Hall–Kier alpha value is -0.640. The number of quaternary nitrogens is 1. The fourth-order valence-corrected chi connectivity index (χ4v) is 2.25. The van der Waals surface area contributed by atoms with E-state index < -0.39 is 0 Å². The third-order valence-electron chi connectivity index (χ3n) is 3.09. The van der Waals surface area contributed by atoms with E-state index in [0.717, 1.165) is 18.8 Å². The highest BCUT2D eigenvalue weighted by molar-refractivity contribution is 6.29. The second-order valence-corrected chi connectivity index (χ2v) is 4.62. The summed E-state index contributed by atoms with van der Waals surface area (Å²) in [5, 5.41) is 0.528. The standard InChI is InChI=1S/C11H17ClN3/c12-11-6-5-10(9-14-11)15(13)7-3-1-2-4-8-15/h5-6,9H,1-4,7-8,13H2/q+1. The summed E-state index contributed by atoms with van der Waals surface area (Å²) >= 11 is 5.77. The van der Waals surface area contributed by atoms with Crippen LogP contribution in [-0.4, -0.2) is 18.1 Å². The van der Waals surface area contributed by atoms with Gasteiger partial charge >= 0.3 is 0 Å². The first-order valence-corrected chi connectivity index (χ1v) is 5.86. The van der Waals surface area contributed by atoms with Gasteiger partial charge in [-0.3, -0.25) is 0 Å². The molecule has 3 nitrogen and oxygen atoms in total. The van der Waals surface area contributed by atoms with Gasteiger partial charge in [-0.05, 0) is 31.7 Å². The van der Waals surface area contributed by atoms with Crippen LogP contribution in [0.15, 0.2) is 18.3 Å². The van der Waals surface area contributed by atoms with E-state index in [2.05, 4.69) is 4.98 Å². The molecule has 1 saturated heterocycles. The van der Waals surface area contributed by atoms with E-state index >= 15 is 0 Å². The number of nitrogens with zero attached hydrogens (tertiary/aromatic N) is 2. The van der Waals surface area contributed by atoms with Crippen molar-refractivity contribution in [1.29, 1.82) is 0 Å². The summed E-state index contributed by atoms with van der Waals surface area (Å²) in [6.07, 6.45) is 6.77. The van der Waals surface area contributed by atoms with Crippen LogP contribution in [0.25, 0.3) is 0 Å². The van der Waals surface area contributed by atoms with E-state index in [1.54, 1.807) is 6.20 Å². The van der Waals surface area contributed by atoms with Crippen LogP contribution in [0.3, 0.4) is 0 Å². The van der Waals surface area contributed by atoms with Crippen LogP contribution in [0.4, 0.5) is 5.69 Å². The minimum atomic E-state index is 0.518. The topological polar surface area (TPSA) is 38.9 Å². The minimum Gasteiger partial charge on any atom is -0.238 e. The van der Waals surface area contributed by atoms with Gasteiger partial charge in [0.1, 0.15) is 18.2 Å². The zero-order valence-electron chi connectivity index (χ0n) is 8.82. The van der Waals surface area contributed by atoms with Crippen LogP contribution in [-0.2, 0) is 0 Å². The number of hydrogen-bond donors (Lipinski definition) is 1. The molecule has 15 heavy (non-hydrogen) atoms. The molecule has 1 aromatic heterocycles. The van der Waals surface area contributed by atoms with Crippen molar-refractivity contribution in [2.75, 3.05) is 13.1 Å². The molecular formula is C11H17ClN3+. The molecule has 0 saturated carbocycles. The number of rotatable bonds is 1. The molecular weight excluding hydrogens is 210 g/mol. The number of pyridine rings is 1. The van der Waals surface area contributed by atoms with Gasteiger partial charge in [0, 0.05) is 6.07 Å². The summed E-state index contributed by atoms with van der Waals surface area (Å²) in [5.41, 5.74) is 1.07. The summed E-state index contributed by atoms with van der Waals surface area (Å²) < 4.78 is 0.518. The molecule has 1 aliphatic rings. The lowest BCUT2D eigenvalue weighted by molar-refractivity contribution is 0.291. The van der Waals surface area contributed by atoms with Gasteiger partial charge in [0.25, 0.3) is 0 Å². The van der Waals surface area contributed by atoms with Crippen LogP contribution < -0.4 is 10.4 Å². The Kier molecular flexibility index (Phi) is 3.24. The van der Waals surface area contributed by atoms with E-state index in [9.17, 15) is 0 Å². The normalized spacial score (nSPS) is 20.9. The molecule has 0 aromatic carbocycles. The molecule has 82 valence electrons.